The number of rotatable bonds is 8. The summed E-state index contributed by atoms with van der Waals surface area (Å²) in [6, 6.07) is 20.0. The molecule has 1 heterocycles. The average Bonchev–Trinajstić information content (AvgIpc) is 3.12. The van der Waals surface area contributed by atoms with E-state index in [1.807, 2.05) is 24.3 Å². The second kappa shape index (κ2) is 11.1. The number of hydrogen-bond donors (Lipinski definition) is 2. The molecule has 0 saturated heterocycles. The molecule has 0 unspecified atom stereocenters. The first-order chi connectivity index (χ1) is 17.8. The van der Waals surface area contributed by atoms with E-state index in [2.05, 4.69) is 17.6 Å². The van der Waals surface area contributed by atoms with E-state index in [-0.39, 0.29) is 34.5 Å². The molecule has 0 fully saturated rings. The molecule has 0 bridgehead atoms. The number of esters is 1. The second-order valence-electron chi connectivity index (χ2n) is 8.12. The van der Waals surface area contributed by atoms with Crippen molar-refractivity contribution in [3.05, 3.63) is 100 Å². The summed E-state index contributed by atoms with van der Waals surface area (Å²) >= 11 is 6.24. The van der Waals surface area contributed by atoms with Gasteiger partial charge < -0.3 is 15.4 Å². The number of amides is 3. The van der Waals surface area contributed by atoms with Gasteiger partial charge in [0.25, 0.3) is 17.7 Å². The molecule has 188 valence electrons. The van der Waals surface area contributed by atoms with Gasteiger partial charge in [0.2, 0.25) is 0 Å². The average molecular weight is 518 g/mol. The summed E-state index contributed by atoms with van der Waals surface area (Å²) in [5, 5.41) is 5.39. The lowest BCUT2D eigenvalue weighted by Crippen LogP contribution is -2.32. The van der Waals surface area contributed by atoms with Crippen LogP contribution in [0, 0.1) is 0 Å². The van der Waals surface area contributed by atoms with E-state index in [0.717, 1.165) is 16.9 Å². The molecule has 1 aliphatic heterocycles. The number of halogens is 1. The molecule has 3 aromatic carbocycles. The zero-order chi connectivity index (χ0) is 26.5. The number of aryl methyl sites for hydroxylation is 1. The zero-order valence-electron chi connectivity index (χ0n) is 20.2. The van der Waals surface area contributed by atoms with E-state index in [1.165, 1.54) is 18.2 Å². The van der Waals surface area contributed by atoms with Crippen LogP contribution in [0.1, 0.15) is 40.1 Å². The fourth-order valence-corrected chi connectivity index (χ4v) is 3.95. The van der Waals surface area contributed by atoms with Crippen molar-refractivity contribution in [1.82, 2.24) is 0 Å². The van der Waals surface area contributed by atoms with Gasteiger partial charge >= 0.3 is 5.97 Å². The van der Waals surface area contributed by atoms with E-state index >= 15 is 0 Å². The molecule has 0 radical (unpaired) electrons. The molecule has 1 aliphatic rings. The summed E-state index contributed by atoms with van der Waals surface area (Å²) in [5.74, 6) is -2.34. The predicted octanol–water partition coefficient (Wildman–Crippen LogP) is 5.11. The third kappa shape index (κ3) is 5.54. The van der Waals surface area contributed by atoms with Crippen LogP contribution in [0.3, 0.4) is 0 Å². The van der Waals surface area contributed by atoms with Gasteiger partial charge in [-0.1, -0.05) is 42.8 Å². The Morgan fingerprint density at radius 1 is 0.865 bits per heavy atom. The van der Waals surface area contributed by atoms with Crippen molar-refractivity contribution in [3.8, 4) is 0 Å². The van der Waals surface area contributed by atoms with E-state index < -0.39 is 17.8 Å². The smallest absolute Gasteiger partial charge is 0.338 e. The monoisotopic (exact) mass is 517 g/mol. The fraction of sp³-hybridized carbons (Fsp3) is 0.143. The SMILES string of the molecule is CCOC(=O)c1cccc(N2C(=O)C(Cl)=C(Nc3cccc(C(=O)Nc4ccc(CC)cc4)c3)C2=O)c1. The lowest BCUT2D eigenvalue weighted by Gasteiger charge is -2.16. The maximum absolute atomic E-state index is 13.2. The van der Waals surface area contributed by atoms with Crippen molar-refractivity contribution < 1.29 is 23.9 Å². The van der Waals surface area contributed by atoms with Crippen molar-refractivity contribution in [3.63, 3.8) is 0 Å². The van der Waals surface area contributed by atoms with Gasteiger partial charge in [-0.2, -0.15) is 0 Å². The van der Waals surface area contributed by atoms with Crippen LogP contribution in [-0.2, 0) is 20.7 Å². The Kier molecular flexibility index (Phi) is 7.69. The van der Waals surface area contributed by atoms with Crippen molar-refractivity contribution in [2.24, 2.45) is 0 Å². The number of hydrogen-bond acceptors (Lipinski definition) is 6. The minimum absolute atomic E-state index is 0.138. The van der Waals surface area contributed by atoms with Gasteiger partial charge in [0, 0.05) is 16.9 Å². The van der Waals surface area contributed by atoms with Gasteiger partial charge in [-0.05, 0) is 67.4 Å². The highest BCUT2D eigenvalue weighted by atomic mass is 35.5. The van der Waals surface area contributed by atoms with Gasteiger partial charge in [0.05, 0.1) is 17.9 Å². The number of imide groups is 1. The minimum Gasteiger partial charge on any atom is -0.462 e. The second-order valence-corrected chi connectivity index (χ2v) is 8.49. The lowest BCUT2D eigenvalue weighted by molar-refractivity contribution is -0.120. The quantitative estimate of drug-likeness (QED) is 0.317. The van der Waals surface area contributed by atoms with Gasteiger partial charge in [0.15, 0.2) is 0 Å². The summed E-state index contributed by atoms with van der Waals surface area (Å²) < 4.78 is 4.99. The first-order valence-corrected chi connectivity index (χ1v) is 12.0. The van der Waals surface area contributed by atoms with Crippen molar-refractivity contribution >= 4 is 52.4 Å². The lowest BCUT2D eigenvalue weighted by atomic mass is 10.1. The van der Waals surface area contributed by atoms with Crippen LogP contribution in [-0.4, -0.2) is 30.3 Å². The third-order valence-corrected chi connectivity index (χ3v) is 6.01. The Bertz CT molecular complexity index is 1420. The summed E-state index contributed by atoms with van der Waals surface area (Å²) in [4.78, 5) is 51.7. The third-order valence-electron chi connectivity index (χ3n) is 5.66. The number of anilines is 3. The van der Waals surface area contributed by atoms with E-state index in [9.17, 15) is 19.2 Å². The normalized spacial score (nSPS) is 13.1. The Morgan fingerprint density at radius 3 is 2.27 bits per heavy atom. The predicted molar refractivity (Wildman–Crippen MR) is 142 cm³/mol. The molecule has 0 spiro atoms. The molecular weight excluding hydrogens is 494 g/mol. The Labute approximate surface area is 218 Å². The number of nitrogens with zero attached hydrogens (tertiary/aromatic N) is 1. The molecule has 4 rings (SSSR count). The summed E-state index contributed by atoms with van der Waals surface area (Å²) in [6.45, 7) is 3.92. The number of ether oxygens (including phenoxy) is 1. The summed E-state index contributed by atoms with van der Waals surface area (Å²) in [7, 11) is 0. The molecule has 0 aromatic heterocycles. The Balaban J connectivity index is 1.51. The zero-order valence-corrected chi connectivity index (χ0v) is 21.0. The van der Waals surface area contributed by atoms with Gasteiger partial charge in [-0.3, -0.25) is 14.4 Å². The number of carbonyl (C=O) groups excluding carboxylic acids is 4. The first-order valence-electron chi connectivity index (χ1n) is 11.7. The molecule has 3 aromatic rings. The standard InChI is InChI=1S/C28H24ClN3O5/c1-3-17-11-13-20(14-12-17)31-25(33)18-7-5-9-21(15-18)30-24-23(29)26(34)32(27(24)35)22-10-6-8-19(16-22)28(36)37-4-2/h5-16,30H,3-4H2,1-2H3,(H,31,33). The summed E-state index contributed by atoms with van der Waals surface area (Å²) in [5.41, 5.74) is 2.79. The Hall–Kier alpha value is -4.43. The summed E-state index contributed by atoms with van der Waals surface area (Å²) in [6.07, 6.45) is 0.899. The highest BCUT2D eigenvalue weighted by Gasteiger charge is 2.39. The first kappa shape index (κ1) is 25.7. The van der Waals surface area contributed by atoms with Gasteiger partial charge in [0.1, 0.15) is 10.7 Å². The topological polar surface area (TPSA) is 105 Å². The largest absolute Gasteiger partial charge is 0.462 e. The molecule has 3 amide bonds. The van der Waals surface area contributed by atoms with Crippen LogP contribution >= 0.6 is 11.6 Å². The molecule has 8 nitrogen and oxygen atoms in total. The van der Waals surface area contributed by atoms with Crippen LogP contribution in [0.2, 0.25) is 0 Å². The molecular formula is C28H24ClN3O5. The number of nitrogens with one attached hydrogen (secondary N) is 2. The van der Waals surface area contributed by atoms with Crippen LogP contribution in [0.25, 0.3) is 0 Å². The van der Waals surface area contributed by atoms with E-state index in [0.29, 0.717) is 16.9 Å². The molecule has 9 heteroatoms. The van der Waals surface area contributed by atoms with Gasteiger partial charge in [-0.25, -0.2) is 9.69 Å². The van der Waals surface area contributed by atoms with Gasteiger partial charge in [-0.15, -0.1) is 0 Å². The highest BCUT2D eigenvalue weighted by Crippen LogP contribution is 2.31. The number of carbonyl (C=O) groups is 4. The maximum Gasteiger partial charge on any atom is 0.338 e. The van der Waals surface area contributed by atoms with Crippen LogP contribution in [0.4, 0.5) is 17.1 Å². The van der Waals surface area contributed by atoms with Crippen LogP contribution in [0.15, 0.2) is 83.5 Å². The van der Waals surface area contributed by atoms with Crippen LogP contribution in [0.5, 0.6) is 0 Å². The van der Waals surface area contributed by atoms with E-state index in [4.69, 9.17) is 16.3 Å². The molecule has 2 N–H and O–H groups in total. The van der Waals surface area contributed by atoms with E-state index in [1.54, 1.807) is 37.3 Å². The van der Waals surface area contributed by atoms with Crippen molar-refractivity contribution in [2.75, 3.05) is 22.1 Å². The fourth-order valence-electron chi connectivity index (χ4n) is 3.74. The molecule has 0 aliphatic carbocycles. The van der Waals surface area contributed by atoms with Crippen molar-refractivity contribution in [2.45, 2.75) is 20.3 Å². The minimum atomic E-state index is -0.736. The van der Waals surface area contributed by atoms with Crippen LogP contribution < -0.4 is 15.5 Å². The number of benzene rings is 3. The maximum atomic E-state index is 13.2. The Morgan fingerprint density at radius 2 is 1.57 bits per heavy atom. The molecule has 0 atom stereocenters. The molecule has 0 saturated carbocycles. The van der Waals surface area contributed by atoms with Crippen molar-refractivity contribution in [1.29, 1.82) is 0 Å². The highest BCUT2D eigenvalue weighted by molar-refractivity contribution is 6.53. The molecule has 37 heavy (non-hydrogen) atoms.